The summed E-state index contributed by atoms with van der Waals surface area (Å²) in [6.45, 7) is 8.67. The van der Waals surface area contributed by atoms with Crippen LogP contribution in [0.2, 0.25) is 0 Å². The van der Waals surface area contributed by atoms with E-state index in [0.29, 0.717) is 24.8 Å². The maximum Gasteiger partial charge on any atom is 0.240 e. The van der Waals surface area contributed by atoms with E-state index in [1.165, 1.54) is 0 Å². The number of aliphatic hydroxyl groups is 1. The summed E-state index contributed by atoms with van der Waals surface area (Å²) in [5.74, 6) is 2.01. The molecule has 3 rings (SSSR count). The monoisotopic (exact) mass is 448 g/mol. The van der Waals surface area contributed by atoms with Crippen LogP contribution >= 0.6 is 0 Å². The van der Waals surface area contributed by atoms with Gasteiger partial charge >= 0.3 is 0 Å². The Kier molecular flexibility index (Phi) is 7.08. The van der Waals surface area contributed by atoms with E-state index in [-0.39, 0.29) is 17.5 Å². The van der Waals surface area contributed by atoms with E-state index in [1.807, 2.05) is 26.8 Å². The van der Waals surface area contributed by atoms with Crippen molar-refractivity contribution in [2.75, 3.05) is 13.1 Å². The van der Waals surface area contributed by atoms with Crippen molar-refractivity contribution in [1.82, 2.24) is 15.4 Å². The van der Waals surface area contributed by atoms with Gasteiger partial charge in [-0.3, -0.25) is 0 Å². The molecule has 1 heterocycles. The second-order valence-electron chi connectivity index (χ2n) is 8.19. The van der Waals surface area contributed by atoms with Crippen LogP contribution in [0.1, 0.15) is 49.3 Å². The Labute approximate surface area is 184 Å². The molecule has 1 unspecified atom stereocenters. The first-order valence-corrected chi connectivity index (χ1v) is 12.0. The number of furan rings is 1. The number of hydrogen-bond acceptors (Lipinski definition) is 5. The van der Waals surface area contributed by atoms with E-state index < -0.39 is 15.6 Å². The first kappa shape index (κ1) is 23.3. The van der Waals surface area contributed by atoms with Gasteiger partial charge in [0.25, 0.3) is 0 Å². The predicted molar refractivity (Wildman–Crippen MR) is 120 cm³/mol. The SMILES string of the molecule is CCNC(=NCc1ccc(S(=O)(=O)NC2CC2)cc1)NCC(C)(O)c1cc(C)oc1C. The highest BCUT2D eigenvalue weighted by atomic mass is 32.2. The van der Waals surface area contributed by atoms with Gasteiger partial charge in [-0.05, 0) is 64.3 Å². The molecular weight excluding hydrogens is 416 g/mol. The van der Waals surface area contributed by atoms with Gasteiger partial charge in [-0.2, -0.15) is 0 Å². The molecule has 0 amide bonds. The van der Waals surface area contributed by atoms with Crippen molar-refractivity contribution in [3.63, 3.8) is 0 Å². The molecule has 2 aromatic rings. The molecule has 1 aromatic heterocycles. The minimum absolute atomic E-state index is 0.0787. The van der Waals surface area contributed by atoms with Gasteiger partial charge in [-0.15, -0.1) is 0 Å². The zero-order valence-corrected chi connectivity index (χ0v) is 19.3. The van der Waals surface area contributed by atoms with Gasteiger partial charge in [0, 0.05) is 18.2 Å². The molecular formula is C22H32N4O4S. The van der Waals surface area contributed by atoms with Gasteiger partial charge in [0.05, 0.1) is 18.0 Å². The van der Waals surface area contributed by atoms with Crippen LogP contribution in [0.25, 0.3) is 0 Å². The number of aliphatic imine (C=N–C) groups is 1. The first-order chi connectivity index (χ1) is 14.6. The van der Waals surface area contributed by atoms with Crippen LogP contribution < -0.4 is 15.4 Å². The standard InChI is InChI=1S/C22H32N4O4S/c1-5-23-21(25-14-22(4,27)20-12-15(2)30-16(20)3)24-13-17-6-10-19(11-7-17)31(28,29)26-18-8-9-18/h6-7,10-12,18,26-27H,5,8-9,13-14H2,1-4H3,(H2,23,24,25). The molecule has 31 heavy (non-hydrogen) atoms. The van der Waals surface area contributed by atoms with Gasteiger partial charge < -0.3 is 20.2 Å². The van der Waals surface area contributed by atoms with Crippen molar-refractivity contribution in [2.24, 2.45) is 4.99 Å². The summed E-state index contributed by atoms with van der Waals surface area (Å²) in [6, 6.07) is 8.66. The van der Waals surface area contributed by atoms with Crippen LogP contribution in [-0.4, -0.2) is 38.6 Å². The average molecular weight is 449 g/mol. The lowest BCUT2D eigenvalue weighted by atomic mass is 9.96. The smallest absolute Gasteiger partial charge is 0.240 e. The van der Waals surface area contributed by atoms with Gasteiger partial charge in [-0.1, -0.05) is 12.1 Å². The largest absolute Gasteiger partial charge is 0.466 e. The maximum absolute atomic E-state index is 12.3. The lowest BCUT2D eigenvalue weighted by Gasteiger charge is -2.24. The van der Waals surface area contributed by atoms with E-state index in [0.717, 1.165) is 29.7 Å². The molecule has 0 saturated heterocycles. The molecule has 8 nitrogen and oxygen atoms in total. The van der Waals surface area contributed by atoms with Gasteiger partial charge in [-0.25, -0.2) is 18.1 Å². The Morgan fingerprint density at radius 1 is 1.23 bits per heavy atom. The molecule has 1 atom stereocenters. The normalized spacial score (nSPS) is 16.7. The van der Waals surface area contributed by atoms with E-state index in [9.17, 15) is 13.5 Å². The molecule has 1 saturated carbocycles. The van der Waals surface area contributed by atoms with Gasteiger partial charge in [0.15, 0.2) is 5.96 Å². The highest BCUT2D eigenvalue weighted by Gasteiger charge is 2.28. The average Bonchev–Trinajstić information content (AvgIpc) is 3.44. The summed E-state index contributed by atoms with van der Waals surface area (Å²) in [7, 11) is -3.45. The van der Waals surface area contributed by atoms with Crippen LogP contribution in [0.3, 0.4) is 0 Å². The third-order valence-corrected chi connectivity index (χ3v) is 6.65. The summed E-state index contributed by atoms with van der Waals surface area (Å²) in [4.78, 5) is 4.82. The number of rotatable bonds is 9. The number of aryl methyl sites for hydroxylation is 2. The van der Waals surface area contributed by atoms with Crippen LogP contribution in [0.4, 0.5) is 0 Å². The molecule has 0 bridgehead atoms. The molecule has 1 fully saturated rings. The Balaban J connectivity index is 1.63. The van der Waals surface area contributed by atoms with Crippen LogP contribution in [0.15, 0.2) is 44.6 Å². The summed E-state index contributed by atoms with van der Waals surface area (Å²) in [5.41, 5.74) is 0.503. The number of nitrogens with one attached hydrogen (secondary N) is 3. The van der Waals surface area contributed by atoms with Crippen LogP contribution in [0, 0.1) is 13.8 Å². The number of sulfonamides is 1. The molecule has 1 aliphatic rings. The molecule has 0 spiro atoms. The topological polar surface area (TPSA) is 116 Å². The van der Waals surface area contributed by atoms with Crippen molar-refractivity contribution in [2.45, 2.75) is 63.6 Å². The van der Waals surface area contributed by atoms with Crippen molar-refractivity contribution in [3.05, 3.63) is 53.0 Å². The summed E-state index contributed by atoms with van der Waals surface area (Å²) < 4.78 is 32.8. The molecule has 0 aliphatic heterocycles. The lowest BCUT2D eigenvalue weighted by molar-refractivity contribution is 0.0601. The third kappa shape index (κ3) is 6.32. The fourth-order valence-electron chi connectivity index (χ4n) is 3.29. The highest BCUT2D eigenvalue weighted by Crippen LogP contribution is 2.26. The molecule has 1 aromatic carbocycles. The first-order valence-electron chi connectivity index (χ1n) is 10.5. The zero-order chi connectivity index (χ0) is 22.6. The van der Waals surface area contributed by atoms with Crippen molar-refractivity contribution < 1.29 is 17.9 Å². The van der Waals surface area contributed by atoms with E-state index in [4.69, 9.17) is 4.42 Å². The Morgan fingerprint density at radius 2 is 1.90 bits per heavy atom. The molecule has 170 valence electrons. The summed E-state index contributed by atoms with van der Waals surface area (Å²) in [6.07, 6.45) is 1.80. The maximum atomic E-state index is 12.3. The number of benzene rings is 1. The zero-order valence-electron chi connectivity index (χ0n) is 18.5. The predicted octanol–water partition coefficient (Wildman–Crippen LogP) is 2.30. The number of guanidine groups is 1. The van der Waals surface area contributed by atoms with E-state index >= 15 is 0 Å². The fraction of sp³-hybridized carbons (Fsp3) is 0.500. The second kappa shape index (κ2) is 9.42. The Morgan fingerprint density at radius 3 is 2.45 bits per heavy atom. The quantitative estimate of drug-likeness (QED) is 0.346. The lowest BCUT2D eigenvalue weighted by Crippen LogP contribution is -2.44. The summed E-state index contributed by atoms with van der Waals surface area (Å²) >= 11 is 0. The minimum Gasteiger partial charge on any atom is -0.466 e. The van der Waals surface area contributed by atoms with Gasteiger partial charge in [0.1, 0.15) is 17.1 Å². The number of hydrogen-bond donors (Lipinski definition) is 4. The van der Waals surface area contributed by atoms with Crippen LogP contribution in [0.5, 0.6) is 0 Å². The van der Waals surface area contributed by atoms with Crippen molar-refractivity contribution in [3.8, 4) is 0 Å². The molecule has 9 heteroatoms. The molecule has 4 N–H and O–H groups in total. The number of nitrogens with zero attached hydrogens (tertiary/aromatic N) is 1. The Hall–Kier alpha value is -2.36. The Bertz CT molecular complexity index is 1020. The highest BCUT2D eigenvalue weighted by molar-refractivity contribution is 7.89. The van der Waals surface area contributed by atoms with Crippen LogP contribution in [-0.2, 0) is 22.2 Å². The van der Waals surface area contributed by atoms with Gasteiger partial charge in [0.2, 0.25) is 10.0 Å². The molecule has 1 aliphatic carbocycles. The van der Waals surface area contributed by atoms with Crippen molar-refractivity contribution in [1.29, 1.82) is 0 Å². The fourth-order valence-corrected chi connectivity index (χ4v) is 4.60. The molecule has 0 radical (unpaired) electrons. The second-order valence-corrected chi connectivity index (χ2v) is 9.90. The van der Waals surface area contributed by atoms with Crippen molar-refractivity contribution >= 4 is 16.0 Å². The summed E-state index contributed by atoms with van der Waals surface area (Å²) in [5, 5.41) is 17.2. The van der Waals surface area contributed by atoms with E-state index in [2.05, 4.69) is 20.3 Å². The van der Waals surface area contributed by atoms with E-state index in [1.54, 1.807) is 31.2 Å². The third-order valence-electron chi connectivity index (χ3n) is 5.12. The minimum atomic E-state index is -3.45.